The molecule has 1 aromatic carbocycles. The van der Waals surface area contributed by atoms with Crippen molar-refractivity contribution >= 4 is 16.6 Å². The molecule has 0 atom stereocenters. The summed E-state index contributed by atoms with van der Waals surface area (Å²) < 4.78 is 0. The number of aryl methyl sites for hydroxylation is 2. The van der Waals surface area contributed by atoms with Crippen LogP contribution in [0.4, 0.5) is 0 Å². The smallest absolute Gasteiger partial charge is 0.0444 e. The van der Waals surface area contributed by atoms with Gasteiger partial charge in [0.15, 0.2) is 0 Å². The molecule has 0 N–H and O–H groups in total. The Morgan fingerprint density at radius 1 is 1.17 bits per heavy atom. The lowest BCUT2D eigenvalue weighted by molar-refractivity contribution is 1.24. The van der Waals surface area contributed by atoms with Crippen molar-refractivity contribution in [3.63, 3.8) is 0 Å². The van der Waals surface area contributed by atoms with Gasteiger partial charge < -0.3 is 0 Å². The number of benzene rings is 1. The first-order valence-electron chi connectivity index (χ1n) is 4.14. The first-order valence-corrected chi connectivity index (χ1v) is 4.52. The van der Waals surface area contributed by atoms with Crippen LogP contribution in [-0.2, 0) is 6.42 Å². The van der Waals surface area contributed by atoms with E-state index in [2.05, 4.69) is 32.1 Å². The molecule has 1 heteroatoms. The van der Waals surface area contributed by atoms with Gasteiger partial charge in [-0.1, -0.05) is 29.8 Å². The number of hydrogen-bond donors (Lipinski definition) is 0. The van der Waals surface area contributed by atoms with Crippen LogP contribution in [0.1, 0.15) is 22.3 Å². The molecule has 1 aromatic rings. The van der Waals surface area contributed by atoms with Gasteiger partial charge in [0.1, 0.15) is 0 Å². The number of hydrogen-bond acceptors (Lipinski definition) is 0. The summed E-state index contributed by atoms with van der Waals surface area (Å²) in [7, 11) is 0. The fourth-order valence-electron chi connectivity index (χ4n) is 1.58. The molecule has 0 fully saturated rings. The van der Waals surface area contributed by atoms with E-state index in [0.717, 1.165) is 11.5 Å². The fourth-order valence-corrected chi connectivity index (χ4v) is 1.83. The summed E-state index contributed by atoms with van der Waals surface area (Å²) in [4.78, 5) is 0. The Morgan fingerprint density at radius 2 is 1.83 bits per heavy atom. The maximum atomic E-state index is 6.03. The van der Waals surface area contributed by atoms with E-state index in [4.69, 9.17) is 11.6 Å². The van der Waals surface area contributed by atoms with Gasteiger partial charge in [-0.2, -0.15) is 0 Å². The molecule has 0 spiro atoms. The van der Waals surface area contributed by atoms with Crippen LogP contribution < -0.4 is 0 Å². The standard InChI is InChI=1S/C11H11Cl/c1-7-5-9-3-4-11(12)10(9)6-8(7)2/h4-6H,3H2,1-2H3. The molecule has 0 saturated carbocycles. The van der Waals surface area contributed by atoms with E-state index in [1.807, 2.05) is 0 Å². The van der Waals surface area contributed by atoms with Gasteiger partial charge in [0, 0.05) is 5.03 Å². The van der Waals surface area contributed by atoms with Gasteiger partial charge in [-0.15, -0.1) is 0 Å². The minimum Gasteiger partial charge on any atom is -0.0840 e. The van der Waals surface area contributed by atoms with Crippen LogP contribution in [0, 0.1) is 13.8 Å². The monoisotopic (exact) mass is 178 g/mol. The molecule has 62 valence electrons. The second-order valence-electron chi connectivity index (χ2n) is 3.35. The van der Waals surface area contributed by atoms with Crippen LogP contribution in [0.5, 0.6) is 0 Å². The maximum absolute atomic E-state index is 6.03. The molecule has 0 nitrogen and oxygen atoms in total. The summed E-state index contributed by atoms with van der Waals surface area (Å²) >= 11 is 6.03. The Kier molecular flexibility index (Phi) is 1.73. The summed E-state index contributed by atoms with van der Waals surface area (Å²) in [5.41, 5.74) is 5.26. The first-order chi connectivity index (χ1) is 5.68. The molecule has 0 unspecified atom stereocenters. The third-order valence-corrected chi connectivity index (χ3v) is 2.84. The van der Waals surface area contributed by atoms with E-state index in [-0.39, 0.29) is 0 Å². The molecule has 0 radical (unpaired) electrons. The van der Waals surface area contributed by atoms with Crippen molar-refractivity contribution in [2.24, 2.45) is 0 Å². The zero-order chi connectivity index (χ0) is 8.72. The predicted molar refractivity (Wildman–Crippen MR) is 53.5 cm³/mol. The Bertz CT molecular complexity index is 362. The quantitative estimate of drug-likeness (QED) is 0.571. The summed E-state index contributed by atoms with van der Waals surface area (Å²) in [6.45, 7) is 4.26. The molecular weight excluding hydrogens is 168 g/mol. The minimum atomic E-state index is 0.910. The zero-order valence-corrected chi connectivity index (χ0v) is 8.07. The normalized spacial score (nSPS) is 14.4. The second-order valence-corrected chi connectivity index (χ2v) is 3.76. The van der Waals surface area contributed by atoms with E-state index in [1.54, 1.807) is 0 Å². The van der Waals surface area contributed by atoms with Crippen molar-refractivity contribution in [2.45, 2.75) is 20.3 Å². The van der Waals surface area contributed by atoms with Gasteiger partial charge in [-0.3, -0.25) is 0 Å². The third-order valence-electron chi connectivity index (χ3n) is 2.48. The van der Waals surface area contributed by atoms with Crippen molar-refractivity contribution in [2.75, 3.05) is 0 Å². The van der Waals surface area contributed by atoms with Gasteiger partial charge in [-0.05, 0) is 42.5 Å². The predicted octanol–water partition coefficient (Wildman–Crippen LogP) is 3.44. The molecule has 1 aliphatic rings. The van der Waals surface area contributed by atoms with Crippen LogP contribution in [0.25, 0.3) is 5.03 Å². The topological polar surface area (TPSA) is 0 Å². The van der Waals surface area contributed by atoms with Gasteiger partial charge in [-0.25, -0.2) is 0 Å². The molecule has 0 aromatic heterocycles. The summed E-state index contributed by atoms with van der Waals surface area (Å²) in [5.74, 6) is 0. The van der Waals surface area contributed by atoms with E-state index in [0.29, 0.717) is 0 Å². The van der Waals surface area contributed by atoms with Crippen LogP contribution >= 0.6 is 11.6 Å². The van der Waals surface area contributed by atoms with Crippen molar-refractivity contribution in [3.8, 4) is 0 Å². The summed E-state index contributed by atoms with van der Waals surface area (Å²) in [6, 6.07) is 4.41. The average molecular weight is 179 g/mol. The Morgan fingerprint density at radius 3 is 2.58 bits per heavy atom. The fraction of sp³-hybridized carbons (Fsp3) is 0.273. The van der Waals surface area contributed by atoms with Crippen LogP contribution in [0.3, 0.4) is 0 Å². The van der Waals surface area contributed by atoms with Gasteiger partial charge in [0.25, 0.3) is 0 Å². The van der Waals surface area contributed by atoms with Gasteiger partial charge in [0.2, 0.25) is 0 Å². The zero-order valence-electron chi connectivity index (χ0n) is 7.32. The Balaban J connectivity index is 2.63. The van der Waals surface area contributed by atoms with Crippen LogP contribution in [-0.4, -0.2) is 0 Å². The highest BCUT2D eigenvalue weighted by Crippen LogP contribution is 2.31. The molecule has 0 heterocycles. The SMILES string of the molecule is Cc1cc2c(cc1C)C(Cl)=CC2. The third kappa shape index (κ3) is 1.07. The van der Waals surface area contributed by atoms with Gasteiger partial charge in [0.05, 0.1) is 0 Å². The lowest BCUT2D eigenvalue weighted by Crippen LogP contribution is -1.88. The summed E-state index contributed by atoms with van der Waals surface area (Å²) in [5, 5.41) is 0.910. The highest BCUT2D eigenvalue weighted by molar-refractivity contribution is 6.49. The van der Waals surface area contributed by atoms with Crippen LogP contribution in [0.15, 0.2) is 18.2 Å². The minimum absolute atomic E-state index is 0.910. The van der Waals surface area contributed by atoms with Crippen molar-refractivity contribution < 1.29 is 0 Å². The molecule has 1 aliphatic carbocycles. The second kappa shape index (κ2) is 2.63. The van der Waals surface area contributed by atoms with Crippen molar-refractivity contribution in [3.05, 3.63) is 40.5 Å². The number of halogens is 1. The van der Waals surface area contributed by atoms with E-state index in [1.165, 1.54) is 22.3 Å². The first kappa shape index (κ1) is 7.88. The summed E-state index contributed by atoms with van der Waals surface area (Å²) in [6.07, 6.45) is 3.07. The largest absolute Gasteiger partial charge is 0.0840 e. The Hall–Kier alpha value is -0.750. The molecule has 0 bridgehead atoms. The highest BCUT2D eigenvalue weighted by atomic mass is 35.5. The highest BCUT2D eigenvalue weighted by Gasteiger charge is 2.12. The van der Waals surface area contributed by atoms with Crippen LogP contribution in [0.2, 0.25) is 0 Å². The Labute approximate surface area is 77.9 Å². The molecule has 0 amide bonds. The number of allylic oxidation sites excluding steroid dienone is 1. The molecule has 2 rings (SSSR count). The van der Waals surface area contributed by atoms with Gasteiger partial charge >= 0.3 is 0 Å². The maximum Gasteiger partial charge on any atom is 0.0444 e. The lowest BCUT2D eigenvalue weighted by atomic mass is 10.0. The average Bonchev–Trinajstić information content (AvgIpc) is 2.35. The van der Waals surface area contributed by atoms with Crippen molar-refractivity contribution in [1.82, 2.24) is 0 Å². The molecule has 0 aliphatic heterocycles. The molecular formula is C11H11Cl. The molecule has 0 saturated heterocycles. The molecule has 12 heavy (non-hydrogen) atoms. The number of fused-ring (bicyclic) bond motifs is 1. The number of rotatable bonds is 0. The van der Waals surface area contributed by atoms with E-state index in [9.17, 15) is 0 Å². The van der Waals surface area contributed by atoms with Crippen molar-refractivity contribution in [1.29, 1.82) is 0 Å². The lowest BCUT2D eigenvalue weighted by Gasteiger charge is -2.05. The van der Waals surface area contributed by atoms with E-state index < -0.39 is 0 Å². The van der Waals surface area contributed by atoms with E-state index >= 15 is 0 Å².